The van der Waals surface area contributed by atoms with Crippen LogP contribution in [0.4, 0.5) is 0 Å². The zero-order valence-corrected chi connectivity index (χ0v) is 17.9. The highest BCUT2D eigenvalue weighted by molar-refractivity contribution is 6.36. The number of carbonyl (C=O) groups excluding carboxylic acids is 2. The van der Waals surface area contributed by atoms with E-state index in [2.05, 4.69) is 5.16 Å². The van der Waals surface area contributed by atoms with Crippen molar-refractivity contribution < 1.29 is 14.1 Å². The number of piperazine rings is 1. The van der Waals surface area contributed by atoms with Crippen molar-refractivity contribution in [3.05, 3.63) is 74.9 Å². The number of amides is 2. The minimum atomic E-state index is -0.247. The molecule has 1 aliphatic rings. The molecule has 0 spiro atoms. The van der Waals surface area contributed by atoms with Crippen LogP contribution in [0.15, 0.2) is 53.1 Å². The van der Waals surface area contributed by atoms with Gasteiger partial charge < -0.3 is 14.3 Å². The van der Waals surface area contributed by atoms with E-state index in [0.29, 0.717) is 52.6 Å². The zero-order chi connectivity index (χ0) is 21.3. The lowest BCUT2D eigenvalue weighted by Crippen LogP contribution is -2.50. The van der Waals surface area contributed by atoms with Gasteiger partial charge in [0, 0.05) is 47.9 Å². The Balaban J connectivity index is 1.40. The highest BCUT2D eigenvalue weighted by Crippen LogP contribution is 2.25. The van der Waals surface area contributed by atoms with Gasteiger partial charge in [-0.15, -0.1) is 0 Å². The summed E-state index contributed by atoms with van der Waals surface area (Å²) in [5, 5.41) is 5.24. The van der Waals surface area contributed by atoms with Crippen LogP contribution in [-0.2, 0) is 0 Å². The highest BCUT2D eigenvalue weighted by Gasteiger charge is 2.28. The first-order valence-electron chi connectivity index (χ1n) is 9.18. The maximum absolute atomic E-state index is 12.8. The second-order valence-corrected chi connectivity index (χ2v) is 8.08. The van der Waals surface area contributed by atoms with Crippen molar-refractivity contribution in [1.82, 2.24) is 15.0 Å². The molecular weight excluding hydrogens is 449 g/mol. The molecule has 3 aromatic rings. The Morgan fingerprint density at radius 1 is 0.833 bits per heavy atom. The third-order valence-electron chi connectivity index (χ3n) is 4.85. The second-order valence-electron chi connectivity index (χ2n) is 6.80. The van der Waals surface area contributed by atoms with Crippen molar-refractivity contribution in [1.29, 1.82) is 0 Å². The molecular formula is C21H16Cl3N3O3. The summed E-state index contributed by atoms with van der Waals surface area (Å²) in [5.74, 6) is 0.0316. The minimum absolute atomic E-state index is 0.187. The van der Waals surface area contributed by atoms with Gasteiger partial charge in [0.2, 0.25) is 0 Å². The van der Waals surface area contributed by atoms with E-state index in [0.717, 1.165) is 5.56 Å². The molecule has 1 aliphatic heterocycles. The first-order valence-corrected chi connectivity index (χ1v) is 10.3. The molecule has 154 valence electrons. The quantitative estimate of drug-likeness (QED) is 0.553. The molecule has 1 fully saturated rings. The number of benzene rings is 2. The molecule has 6 nitrogen and oxygen atoms in total. The molecule has 2 aromatic carbocycles. The third kappa shape index (κ3) is 4.31. The largest absolute Gasteiger partial charge is 0.355 e. The van der Waals surface area contributed by atoms with E-state index in [9.17, 15) is 9.59 Å². The third-order valence-corrected chi connectivity index (χ3v) is 5.64. The Morgan fingerprint density at radius 3 is 2.17 bits per heavy atom. The van der Waals surface area contributed by atoms with Gasteiger partial charge >= 0.3 is 0 Å². The van der Waals surface area contributed by atoms with Crippen LogP contribution in [0.1, 0.15) is 20.8 Å². The van der Waals surface area contributed by atoms with Gasteiger partial charge in [-0.1, -0.05) is 52.1 Å². The fourth-order valence-electron chi connectivity index (χ4n) is 3.26. The van der Waals surface area contributed by atoms with Gasteiger partial charge in [-0.3, -0.25) is 9.59 Å². The summed E-state index contributed by atoms with van der Waals surface area (Å²) in [6.45, 7) is 1.55. The lowest BCUT2D eigenvalue weighted by atomic mass is 10.1. The van der Waals surface area contributed by atoms with Gasteiger partial charge in [-0.05, 0) is 30.3 Å². The molecule has 30 heavy (non-hydrogen) atoms. The highest BCUT2D eigenvalue weighted by atomic mass is 35.5. The van der Waals surface area contributed by atoms with Gasteiger partial charge in [0.15, 0.2) is 11.5 Å². The Morgan fingerprint density at radius 2 is 1.50 bits per heavy atom. The van der Waals surface area contributed by atoms with Crippen molar-refractivity contribution in [3.63, 3.8) is 0 Å². The Hall–Kier alpha value is -2.54. The van der Waals surface area contributed by atoms with Gasteiger partial charge in [-0.25, -0.2) is 0 Å². The van der Waals surface area contributed by atoms with Crippen LogP contribution in [0.2, 0.25) is 15.1 Å². The molecule has 0 unspecified atom stereocenters. The van der Waals surface area contributed by atoms with Crippen LogP contribution in [0.5, 0.6) is 0 Å². The van der Waals surface area contributed by atoms with Crippen LogP contribution in [-0.4, -0.2) is 52.9 Å². The molecule has 0 saturated carbocycles. The summed E-state index contributed by atoms with van der Waals surface area (Å²) < 4.78 is 5.31. The molecule has 0 radical (unpaired) electrons. The molecule has 9 heteroatoms. The lowest BCUT2D eigenvalue weighted by molar-refractivity contribution is 0.0530. The van der Waals surface area contributed by atoms with Crippen LogP contribution < -0.4 is 0 Å². The van der Waals surface area contributed by atoms with Crippen LogP contribution in [0.25, 0.3) is 11.3 Å². The summed E-state index contributed by atoms with van der Waals surface area (Å²) in [5.41, 5.74) is 1.35. The molecule has 2 heterocycles. The van der Waals surface area contributed by atoms with E-state index in [-0.39, 0.29) is 17.5 Å². The molecule has 0 aliphatic carbocycles. The SMILES string of the molecule is O=C(c1cc(-c2cccc(Cl)c2)on1)N1CCN(C(=O)c2ccc(Cl)cc2Cl)CC1. The van der Waals surface area contributed by atoms with Crippen molar-refractivity contribution >= 4 is 46.6 Å². The zero-order valence-electron chi connectivity index (χ0n) is 15.6. The van der Waals surface area contributed by atoms with Crippen LogP contribution >= 0.6 is 34.8 Å². The van der Waals surface area contributed by atoms with Crippen molar-refractivity contribution in [3.8, 4) is 11.3 Å². The Kier molecular flexibility index (Phi) is 5.99. The maximum Gasteiger partial charge on any atom is 0.276 e. The summed E-state index contributed by atoms with van der Waals surface area (Å²) in [6.07, 6.45) is 0. The number of aromatic nitrogens is 1. The first-order chi connectivity index (χ1) is 14.4. The number of rotatable bonds is 3. The predicted molar refractivity (Wildman–Crippen MR) is 115 cm³/mol. The van der Waals surface area contributed by atoms with E-state index in [4.69, 9.17) is 39.3 Å². The number of hydrogen-bond acceptors (Lipinski definition) is 4. The fourth-order valence-corrected chi connectivity index (χ4v) is 3.94. The molecule has 1 aromatic heterocycles. The standard InChI is InChI=1S/C21H16Cl3N3O3/c22-14-3-1-2-13(10-14)19-12-18(25-30-19)21(29)27-8-6-26(7-9-27)20(28)16-5-4-15(23)11-17(16)24/h1-5,10-12H,6-9H2. The Labute approximate surface area is 187 Å². The second kappa shape index (κ2) is 8.68. The Bertz CT molecular complexity index is 1110. The van der Waals surface area contributed by atoms with Crippen molar-refractivity contribution in [2.75, 3.05) is 26.2 Å². The minimum Gasteiger partial charge on any atom is -0.355 e. The maximum atomic E-state index is 12.8. The van der Waals surface area contributed by atoms with E-state index in [1.165, 1.54) is 6.07 Å². The van der Waals surface area contributed by atoms with Crippen LogP contribution in [0.3, 0.4) is 0 Å². The number of carbonyl (C=O) groups is 2. The van der Waals surface area contributed by atoms with Crippen LogP contribution in [0, 0.1) is 0 Å². The fraction of sp³-hybridized carbons (Fsp3) is 0.190. The van der Waals surface area contributed by atoms with E-state index < -0.39 is 0 Å². The van der Waals surface area contributed by atoms with Crippen molar-refractivity contribution in [2.24, 2.45) is 0 Å². The molecule has 4 rings (SSSR count). The summed E-state index contributed by atoms with van der Waals surface area (Å²) in [6, 6.07) is 13.5. The van der Waals surface area contributed by atoms with Gasteiger partial charge in [0.25, 0.3) is 11.8 Å². The number of nitrogens with zero attached hydrogens (tertiary/aromatic N) is 3. The molecule has 0 N–H and O–H groups in total. The van der Waals surface area contributed by atoms with E-state index in [1.54, 1.807) is 46.2 Å². The average Bonchev–Trinajstić information content (AvgIpc) is 3.23. The van der Waals surface area contributed by atoms with Gasteiger partial charge in [0.1, 0.15) is 0 Å². The molecule has 2 amide bonds. The summed E-state index contributed by atoms with van der Waals surface area (Å²) in [4.78, 5) is 28.8. The lowest BCUT2D eigenvalue weighted by Gasteiger charge is -2.34. The topological polar surface area (TPSA) is 66.7 Å². The molecule has 0 atom stereocenters. The van der Waals surface area contributed by atoms with Gasteiger partial charge in [0.05, 0.1) is 10.6 Å². The van der Waals surface area contributed by atoms with E-state index in [1.807, 2.05) is 6.07 Å². The normalized spacial score (nSPS) is 14.1. The summed E-state index contributed by atoms with van der Waals surface area (Å²) >= 11 is 18.0. The van der Waals surface area contributed by atoms with E-state index >= 15 is 0 Å². The monoisotopic (exact) mass is 463 g/mol. The van der Waals surface area contributed by atoms with Gasteiger partial charge in [-0.2, -0.15) is 0 Å². The summed E-state index contributed by atoms with van der Waals surface area (Å²) in [7, 11) is 0. The molecule has 0 bridgehead atoms. The number of hydrogen-bond donors (Lipinski definition) is 0. The first kappa shape index (κ1) is 20.7. The average molecular weight is 465 g/mol. The van der Waals surface area contributed by atoms with Crippen molar-refractivity contribution in [2.45, 2.75) is 0 Å². The number of halogens is 3. The smallest absolute Gasteiger partial charge is 0.276 e. The predicted octanol–water partition coefficient (Wildman–Crippen LogP) is 4.90. The molecule has 1 saturated heterocycles.